The number of hydrogen-bond donors (Lipinski definition) is 1. The number of methoxy groups -OCH3 is 1. The van der Waals surface area contributed by atoms with Crippen molar-refractivity contribution >= 4 is 23.4 Å². The molecule has 1 aliphatic heterocycles. The number of hydrogen-bond acceptors (Lipinski definition) is 5. The highest BCUT2D eigenvalue weighted by molar-refractivity contribution is 8.04. The summed E-state index contributed by atoms with van der Waals surface area (Å²) in [5, 5.41) is 14.2. The Morgan fingerprint density at radius 1 is 1.36 bits per heavy atom. The van der Waals surface area contributed by atoms with Crippen LogP contribution < -0.4 is 15.0 Å². The Morgan fingerprint density at radius 3 is 2.64 bits per heavy atom. The third-order valence-corrected chi connectivity index (χ3v) is 5.17. The molecule has 6 heteroatoms. The summed E-state index contributed by atoms with van der Waals surface area (Å²) in [5.74, 6) is 1.06. The highest BCUT2D eigenvalue weighted by Gasteiger charge is 2.36. The number of nitrogens with one attached hydrogen (secondary N) is 1. The van der Waals surface area contributed by atoms with Crippen molar-refractivity contribution in [3.8, 4) is 11.2 Å². The molecule has 1 heterocycles. The van der Waals surface area contributed by atoms with Gasteiger partial charge in [-0.1, -0.05) is 0 Å². The van der Waals surface area contributed by atoms with Gasteiger partial charge in [-0.2, -0.15) is 5.26 Å². The third-order valence-electron chi connectivity index (χ3n) is 4.35. The minimum atomic E-state index is 0.0739. The van der Waals surface area contributed by atoms with E-state index in [1.807, 2.05) is 24.3 Å². The molecule has 1 aromatic rings. The zero-order valence-electron chi connectivity index (χ0n) is 12.5. The van der Waals surface area contributed by atoms with Gasteiger partial charge < -0.3 is 15.0 Å². The van der Waals surface area contributed by atoms with Crippen molar-refractivity contribution in [3.63, 3.8) is 0 Å². The van der Waals surface area contributed by atoms with Gasteiger partial charge in [-0.3, -0.25) is 4.79 Å². The van der Waals surface area contributed by atoms with Gasteiger partial charge in [0.25, 0.3) is 0 Å². The van der Waals surface area contributed by atoms with Crippen LogP contribution in [0, 0.1) is 16.6 Å². The van der Waals surface area contributed by atoms with Crippen molar-refractivity contribution in [2.45, 2.75) is 24.1 Å². The molecule has 0 radical (unpaired) electrons. The van der Waals surface area contributed by atoms with Gasteiger partial charge in [0.1, 0.15) is 11.2 Å². The lowest BCUT2D eigenvalue weighted by Crippen LogP contribution is -2.57. The van der Waals surface area contributed by atoms with Crippen molar-refractivity contribution in [1.29, 1.82) is 5.26 Å². The van der Waals surface area contributed by atoms with Gasteiger partial charge >= 0.3 is 0 Å². The van der Waals surface area contributed by atoms with Crippen molar-refractivity contribution in [1.82, 2.24) is 5.32 Å². The van der Waals surface area contributed by atoms with E-state index in [9.17, 15) is 4.79 Å². The Kier molecular flexibility index (Phi) is 4.44. The fraction of sp³-hybridized carbons (Fsp3) is 0.500. The molecule has 0 unspecified atom stereocenters. The fourth-order valence-electron chi connectivity index (χ4n) is 2.82. The number of amides is 1. The van der Waals surface area contributed by atoms with Crippen LogP contribution >= 0.6 is 11.8 Å². The van der Waals surface area contributed by atoms with Crippen molar-refractivity contribution in [2.75, 3.05) is 25.1 Å². The summed E-state index contributed by atoms with van der Waals surface area (Å²) in [6.45, 7) is 1.53. The van der Waals surface area contributed by atoms with Gasteiger partial charge in [0, 0.05) is 30.1 Å². The molecule has 0 spiro atoms. The minimum Gasteiger partial charge on any atom is -0.497 e. The van der Waals surface area contributed by atoms with Crippen molar-refractivity contribution in [3.05, 3.63) is 24.3 Å². The van der Waals surface area contributed by atoms with Crippen molar-refractivity contribution < 1.29 is 9.53 Å². The second-order valence-electron chi connectivity index (χ2n) is 5.81. The zero-order chi connectivity index (χ0) is 15.5. The summed E-state index contributed by atoms with van der Waals surface area (Å²) in [5.41, 5.74) is 1.12. The van der Waals surface area contributed by atoms with Gasteiger partial charge in [-0.05, 0) is 48.9 Å². The summed E-state index contributed by atoms with van der Waals surface area (Å²) in [4.78, 5) is 14.3. The molecular formula is C16H19N3O2S. The van der Waals surface area contributed by atoms with E-state index in [0.29, 0.717) is 5.25 Å². The lowest BCUT2D eigenvalue weighted by Gasteiger charge is -2.42. The Labute approximate surface area is 134 Å². The summed E-state index contributed by atoms with van der Waals surface area (Å²) in [6.07, 6.45) is 1.83. The van der Waals surface area contributed by atoms with E-state index in [0.717, 1.165) is 37.4 Å². The Bertz CT molecular complexity index is 572. The SMILES string of the molecule is COc1ccc(N2CC(C(=O)N[C@H]3C[C@@H](SC#N)C3)C2)cc1. The highest BCUT2D eigenvalue weighted by Crippen LogP contribution is 2.32. The molecule has 5 nitrogen and oxygen atoms in total. The zero-order valence-corrected chi connectivity index (χ0v) is 13.3. The first-order valence-corrected chi connectivity index (χ1v) is 8.31. The third kappa shape index (κ3) is 3.14. The summed E-state index contributed by atoms with van der Waals surface area (Å²) < 4.78 is 5.14. The molecular weight excluding hydrogens is 298 g/mol. The Hall–Kier alpha value is -1.87. The van der Waals surface area contributed by atoms with E-state index in [2.05, 4.69) is 15.6 Å². The maximum Gasteiger partial charge on any atom is 0.226 e. The topological polar surface area (TPSA) is 65.4 Å². The Balaban J connectivity index is 1.41. The number of carbonyl (C=O) groups is 1. The summed E-state index contributed by atoms with van der Waals surface area (Å²) in [7, 11) is 1.65. The van der Waals surface area contributed by atoms with Gasteiger partial charge in [0.15, 0.2) is 0 Å². The van der Waals surface area contributed by atoms with Gasteiger partial charge in [0.2, 0.25) is 5.91 Å². The number of carbonyl (C=O) groups excluding carboxylic acids is 1. The summed E-state index contributed by atoms with van der Waals surface area (Å²) >= 11 is 1.31. The number of rotatable bonds is 5. The monoisotopic (exact) mass is 317 g/mol. The number of benzene rings is 1. The first-order valence-electron chi connectivity index (χ1n) is 7.43. The van der Waals surface area contributed by atoms with Gasteiger partial charge in [0.05, 0.1) is 13.0 Å². The average Bonchev–Trinajstić information content (AvgIpc) is 2.44. The predicted molar refractivity (Wildman–Crippen MR) is 86.9 cm³/mol. The second-order valence-corrected chi connectivity index (χ2v) is 6.89. The molecule has 22 heavy (non-hydrogen) atoms. The molecule has 2 aliphatic rings. The van der Waals surface area contributed by atoms with Crippen LogP contribution in [0.15, 0.2) is 24.3 Å². The lowest BCUT2D eigenvalue weighted by molar-refractivity contribution is -0.126. The van der Waals surface area contributed by atoms with E-state index >= 15 is 0 Å². The van der Waals surface area contributed by atoms with Crippen LogP contribution in [-0.4, -0.2) is 37.4 Å². The Morgan fingerprint density at radius 2 is 2.05 bits per heavy atom. The fourth-order valence-corrected chi connectivity index (χ4v) is 3.63. The van der Waals surface area contributed by atoms with Crippen LogP contribution in [0.2, 0.25) is 0 Å². The molecule has 3 rings (SSSR count). The molecule has 116 valence electrons. The van der Waals surface area contributed by atoms with E-state index in [-0.39, 0.29) is 17.9 Å². The number of anilines is 1. The van der Waals surface area contributed by atoms with Gasteiger partial charge in [-0.15, -0.1) is 0 Å². The predicted octanol–water partition coefficient (Wildman–Crippen LogP) is 1.99. The standard InChI is InChI=1S/C16H19N3O2S/c1-21-14-4-2-13(3-5-14)19-8-11(9-19)16(20)18-12-6-15(7-12)22-10-17/h2-5,11-12,15H,6-9H2,1H3,(H,18,20)/t12-,15+. The lowest BCUT2D eigenvalue weighted by atomic mass is 9.90. The van der Waals surface area contributed by atoms with Crippen LogP contribution in [0.1, 0.15) is 12.8 Å². The normalized spacial score (nSPS) is 23.9. The minimum absolute atomic E-state index is 0.0739. The van der Waals surface area contributed by atoms with Crippen LogP contribution in [0.5, 0.6) is 5.75 Å². The number of thioether (sulfide) groups is 1. The maximum atomic E-state index is 12.1. The highest BCUT2D eigenvalue weighted by atomic mass is 32.2. The molecule has 1 aromatic carbocycles. The molecule has 0 aromatic heterocycles. The van der Waals surface area contributed by atoms with E-state index in [4.69, 9.17) is 10.00 Å². The first kappa shape index (κ1) is 15.0. The quantitative estimate of drug-likeness (QED) is 0.841. The molecule has 0 atom stereocenters. The van der Waals surface area contributed by atoms with Crippen LogP contribution in [0.3, 0.4) is 0 Å². The number of ether oxygens (including phenoxy) is 1. The van der Waals surface area contributed by atoms with Crippen LogP contribution in [-0.2, 0) is 4.79 Å². The van der Waals surface area contributed by atoms with Crippen LogP contribution in [0.4, 0.5) is 5.69 Å². The largest absolute Gasteiger partial charge is 0.497 e. The van der Waals surface area contributed by atoms with Crippen LogP contribution in [0.25, 0.3) is 0 Å². The smallest absolute Gasteiger partial charge is 0.226 e. The molecule has 1 amide bonds. The maximum absolute atomic E-state index is 12.1. The van der Waals surface area contributed by atoms with E-state index < -0.39 is 0 Å². The number of thiocyanates is 1. The average molecular weight is 317 g/mol. The second kappa shape index (κ2) is 6.49. The molecule has 1 saturated heterocycles. The van der Waals surface area contributed by atoms with E-state index in [1.165, 1.54) is 11.8 Å². The molecule has 2 fully saturated rings. The van der Waals surface area contributed by atoms with E-state index in [1.54, 1.807) is 7.11 Å². The van der Waals surface area contributed by atoms with Gasteiger partial charge in [-0.25, -0.2) is 0 Å². The molecule has 1 saturated carbocycles. The summed E-state index contributed by atoms with van der Waals surface area (Å²) in [6, 6.07) is 8.16. The molecule has 0 bridgehead atoms. The number of nitrogens with zero attached hydrogens (tertiary/aromatic N) is 2. The van der Waals surface area contributed by atoms with Crippen molar-refractivity contribution in [2.24, 2.45) is 5.92 Å². The molecule has 1 N–H and O–H groups in total. The first-order chi connectivity index (χ1) is 10.7. The number of nitriles is 1. The molecule has 1 aliphatic carbocycles.